The highest BCUT2D eigenvalue weighted by Gasteiger charge is 2.07. The fraction of sp³-hybridized carbons (Fsp3) is 0.316. The van der Waals surface area contributed by atoms with E-state index < -0.39 is 5.91 Å². The van der Waals surface area contributed by atoms with E-state index in [0.717, 1.165) is 36.0 Å². The molecule has 1 rings (SSSR count). The van der Waals surface area contributed by atoms with Gasteiger partial charge in [0, 0.05) is 16.7 Å². The number of hydrogen-bond donors (Lipinski definition) is 1. The van der Waals surface area contributed by atoms with Gasteiger partial charge in [0.15, 0.2) is 0 Å². The zero-order valence-electron chi connectivity index (χ0n) is 13.3. The fourth-order valence-electron chi connectivity index (χ4n) is 1.51. The van der Waals surface area contributed by atoms with Crippen molar-refractivity contribution in [2.45, 2.75) is 40.0 Å². The molecule has 0 atom stereocenters. The van der Waals surface area contributed by atoms with Gasteiger partial charge in [-0.1, -0.05) is 63.5 Å². The first kappa shape index (κ1) is 18.7. The van der Waals surface area contributed by atoms with Crippen LogP contribution in [-0.4, -0.2) is 5.91 Å². The normalized spacial score (nSPS) is 13.1. The van der Waals surface area contributed by atoms with Crippen LogP contribution in [0.4, 0.5) is 0 Å². The van der Waals surface area contributed by atoms with Crippen molar-refractivity contribution in [2.24, 2.45) is 5.73 Å². The van der Waals surface area contributed by atoms with Crippen LogP contribution in [0.2, 0.25) is 0 Å². The van der Waals surface area contributed by atoms with Gasteiger partial charge >= 0.3 is 0 Å². The Kier molecular flexibility index (Phi) is 9.37. The SMILES string of the molecule is C=C(C#CC1=CC(C(N)=O)=CCC1)/C=C\C(=C)CC.CC. The molecule has 0 saturated carbocycles. The van der Waals surface area contributed by atoms with E-state index in [1.807, 2.05) is 39.0 Å². The zero-order valence-corrected chi connectivity index (χ0v) is 13.3. The molecular weight excluding hydrogens is 258 g/mol. The van der Waals surface area contributed by atoms with Gasteiger partial charge in [-0.2, -0.15) is 0 Å². The molecule has 0 radical (unpaired) electrons. The van der Waals surface area contributed by atoms with Gasteiger partial charge in [-0.15, -0.1) is 0 Å². The van der Waals surface area contributed by atoms with E-state index in [9.17, 15) is 4.79 Å². The number of rotatable bonds is 4. The first-order valence-electron chi connectivity index (χ1n) is 7.30. The van der Waals surface area contributed by atoms with Crippen LogP contribution in [0.3, 0.4) is 0 Å². The summed E-state index contributed by atoms with van der Waals surface area (Å²) in [5, 5.41) is 0. The van der Waals surface area contributed by atoms with E-state index in [-0.39, 0.29) is 0 Å². The van der Waals surface area contributed by atoms with E-state index in [1.54, 1.807) is 6.08 Å². The fourth-order valence-corrected chi connectivity index (χ4v) is 1.51. The molecule has 0 saturated heterocycles. The minimum Gasteiger partial charge on any atom is -0.366 e. The summed E-state index contributed by atoms with van der Waals surface area (Å²) in [6.07, 6.45) is 9.91. The van der Waals surface area contributed by atoms with Crippen molar-refractivity contribution in [1.29, 1.82) is 0 Å². The highest BCUT2D eigenvalue weighted by atomic mass is 16.1. The Hall–Kier alpha value is -2.27. The molecule has 1 aliphatic rings. The lowest BCUT2D eigenvalue weighted by atomic mass is 9.99. The summed E-state index contributed by atoms with van der Waals surface area (Å²) >= 11 is 0. The number of nitrogens with two attached hydrogens (primary N) is 1. The summed E-state index contributed by atoms with van der Waals surface area (Å²) in [5.41, 5.74) is 8.47. The van der Waals surface area contributed by atoms with Crippen molar-refractivity contribution in [1.82, 2.24) is 0 Å². The van der Waals surface area contributed by atoms with Crippen LogP contribution >= 0.6 is 0 Å². The molecule has 0 fully saturated rings. The van der Waals surface area contributed by atoms with Crippen molar-refractivity contribution >= 4 is 5.91 Å². The van der Waals surface area contributed by atoms with Gasteiger partial charge in [-0.25, -0.2) is 0 Å². The zero-order chi connectivity index (χ0) is 16.3. The maximum absolute atomic E-state index is 11.1. The lowest BCUT2D eigenvalue weighted by Crippen LogP contribution is -2.14. The van der Waals surface area contributed by atoms with Gasteiger partial charge in [0.1, 0.15) is 0 Å². The summed E-state index contributed by atoms with van der Waals surface area (Å²) < 4.78 is 0. The third-order valence-electron chi connectivity index (χ3n) is 2.75. The van der Waals surface area contributed by atoms with Gasteiger partial charge < -0.3 is 5.73 Å². The monoisotopic (exact) mass is 283 g/mol. The molecule has 0 aliphatic heterocycles. The number of carbonyl (C=O) groups is 1. The lowest BCUT2D eigenvalue weighted by molar-refractivity contribution is -0.114. The number of amides is 1. The van der Waals surface area contributed by atoms with Crippen LogP contribution in [0.5, 0.6) is 0 Å². The smallest absolute Gasteiger partial charge is 0.248 e. The Morgan fingerprint density at radius 2 is 2.05 bits per heavy atom. The molecular formula is C19H25NO. The molecule has 0 unspecified atom stereocenters. The predicted octanol–water partition coefficient (Wildman–Crippen LogP) is 4.23. The molecule has 0 aromatic rings. The van der Waals surface area contributed by atoms with Crippen LogP contribution in [0.25, 0.3) is 0 Å². The van der Waals surface area contributed by atoms with Crippen LogP contribution < -0.4 is 5.73 Å². The number of carbonyl (C=O) groups excluding carboxylic acids is 1. The van der Waals surface area contributed by atoms with Gasteiger partial charge in [-0.3, -0.25) is 4.79 Å². The van der Waals surface area contributed by atoms with Crippen molar-refractivity contribution in [3.63, 3.8) is 0 Å². The number of allylic oxidation sites excluding steroid dienone is 6. The predicted molar refractivity (Wildman–Crippen MR) is 91.4 cm³/mol. The van der Waals surface area contributed by atoms with Gasteiger partial charge in [0.25, 0.3) is 0 Å². The van der Waals surface area contributed by atoms with Crippen molar-refractivity contribution in [3.05, 3.63) is 59.8 Å². The third kappa shape index (κ3) is 7.79. The highest BCUT2D eigenvalue weighted by molar-refractivity contribution is 5.95. The second-order valence-electron chi connectivity index (χ2n) is 4.35. The van der Waals surface area contributed by atoms with E-state index in [1.165, 1.54) is 0 Å². The second kappa shape index (κ2) is 10.5. The first-order chi connectivity index (χ1) is 10.0. The quantitative estimate of drug-likeness (QED) is 0.609. The topological polar surface area (TPSA) is 43.1 Å². The summed E-state index contributed by atoms with van der Waals surface area (Å²) in [4.78, 5) is 11.1. The van der Waals surface area contributed by atoms with Crippen LogP contribution in [-0.2, 0) is 4.79 Å². The van der Waals surface area contributed by atoms with Crippen LogP contribution in [0, 0.1) is 11.8 Å². The average Bonchev–Trinajstić information content (AvgIpc) is 2.52. The molecule has 0 bridgehead atoms. The van der Waals surface area contributed by atoms with Crippen molar-refractivity contribution in [2.75, 3.05) is 0 Å². The molecule has 0 aromatic heterocycles. The first-order valence-corrected chi connectivity index (χ1v) is 7.30. The Morgan fingerprint density at radius 3 is 2.62 bits per heavy atom. The Bertz CT molecular complexity index is 548. The molecule has 0 heterocycles. The maximum atomic E-state index is 11.1. The largest absolute Gasteiger partial charge is 0.366 e. The summed E-state index contributed by atoms with van der Waals surface area (Å²) in [6, 6.07) is 0. The third-order valence-corrected chi connectivity index (χ3v) is 2.75. The van der Waals surface area contributed by atoms with E-state index in [2.05, 4.69) is 25.0 Å². The molecule has 2 heteroatoms. The molecule has 0 spiro atoms. The minimum absolute atomic E-state index is 0.406. The summed E-state index contributed by atoms with van der Waals surface area (Å²) in [5.74, 6) is 5.60. The molecule has 0 aromatic carbocycles. The van der Waals surface area contributed by atoms with Gasteiger partial charge in [0.05, 0.1) is 0 Å². The maximum Gasteiger partial charge on any atom is 0.248 e. The number of hydrogen-bond acceptors (Lipinski definition) is 1. The standard InChI is InChI=1S/C17H19NO.C2H6/c1-4-13(2)8-9-14(3)10-11-15-6-5-7-16(12-15)17(18)19;1-2/h7-9,12H,2-6H2,1H3,(H2,18,19);1-2H3/b9-8-;. The van der Waals surface area contributed by atoms with Crippen molar-refractivity contribution in [3.8, 4) is 11.8 Å². The lowest BCUT2D eigenvalue weighted by Gasteiger charge is -2.06. The molecule has 2 nitrogen and oxygen atoms in total. The van der Waals surface area contributed by atoms with E-state index in [4.69, 9.17) is 5.73 Å². The summed E-state index contributed by atoms with van der Waals surface area (Å²) in [6.45, 7) is 13.8. The summed E-state index contributed by atoms with van der Waals surface area (Å²) in [7, 11) is 0. The molecule has 2 N–H and O–H groups in total. The molecule has 112 valence electrons. The average molecular weight is 283 g/mol. The molecule has 21 heavy (non-hydrogen) atoms. The van der Waals surface area contributed by atoms with E-state index in [0.29, 0.717) is 5.57 Å². The van der Waals surface area contributed by atoms with Gasteiger partial charge in [0.2, 0.25) is 5.91 Å². The Labute approximate surface area is 128 Å². The van der Waals surface area contributed by atoms with Gasteiger partial charge in [-0.05, 0) is 31.4 Å². The Morgan fingerprint density at radius 1 is 1.38 bits per heavy atom. The second-order valence-corrected chi connectivity index (χ2v) is 4.35. The van der Waals surface area contributed by atoms with Crippen molar-refractivity contribution < 1.29 is 4.79 Å². The molecule has 1 amide bonds. The minimum atomic E-state index is -0.406. The number of primary amides is 1. The molecule has 1 aliphatic carbocycles. The van der Waals surface area contributed by atoms with Crippen LogP contribution in [0.15, 0.2) is 59.8 Å². The Balaban J connectivity index is 0.00000191. The van der Waals surface area contributed by atoms with E-state index >= 15 is 0 Å². The van der Waals surface area contributed by atoms with Crippen LogP contribution in [0.1, 0.15) is 40.0 Å². The highest BCUT2D eigenvalue weighted by Crippen LogP contribution is 2.16.